The van der Waals surface area contributed by atoms with Gasteiger partial charge >= 0.3 is 6.18 Å². The summed E-state index contributed by atoms with van der Waals surface area (Å²) in [7, 11) is -3.51. The quantitative estimate of drug-likeness (QED) is 0.551. The Bertz CT molecular complexity index is 1090. The molecule has 0 saturated heterocycles. The van der Waals surface area contributed by atoms with Gasteiger partial charge in [0.25, 0.3) is 10.1 Å². The van der Waals surface area contributed by atoms with Crippen LogP contribution in [0.4, 0.5) is 13.2 Å². The van der Waals surface area contributed by atoms with Crippen LogP contribution in [0.2, 0.25) is 0 Å². The molecule has 2 aromatic carbocycles. The molecule has 0 atom stereocenters. The van der Waals surface area contributed by atoms with E-state index in [-0.39, 0.29) is 12.2 Å². The van der Waals surface area contributed by atoms with Gasteiger partial charge in [0.2, 0.25) is 0 Å². The van der Waals surface area contributed by atoms with Crippen molar-refractivity contribution < 1.29 is 25.8 Å². The summed E-state index contributed by atoms with van der Waals surface area (Å²) in [6.07, 6.45) is -3.27. The van der Waals surface area contributed by atoms with Crippen LogP contribution in [0.1, 0.15) is 17.0 Å². The summed E-state index contributed by atoms with van der Waals surface area (Å²) < 4.78 is 68.8. The van der Waals surface area contributed by atoms with Crippen LogP contribution in [0.3, 0.4) is 0 Å². The lowest BCUT2D eigenvalue weighted by Crippen LogP contribution is -2.08. The monoisotopic (exact) mass is 424 g/mol. The van der Waals surface area contributed by atoms with Crippen LogP contribution >= 0.6 is 0 Å². The third-order valence-electron chi connectivity index (χ3n) is 4.32. The Balaban J connectivity index is 1.94. The van der Waals surface area contributed by atoms with E-state index in [0.717, 1.165) is 11.8 Å². The van der Waals surface area contributed by atoms with Crippen molar-refractivity contribution in [3.8, 4) is 16.8 Å². The molecule has 0 radical (unpaired) electrons. The number of hydrogen-bond acceptors (Lipinski definition) is 4. The summed E-state index contributed by atoms with van der Waals surface area (Å²) in [5, 5.41) is 3.84. The van der Waals surface area contributed by atoms with Crippen LogP contribution in [-0.2, 0) is 26.9 Å². The summed E-state index contributed by atoms with van der Waals surface area (Å²) in [5.74, 6) is 0. The Morgan fingerprint density at radius 2 is 1.66 bits per heavy atom. The van der Waals surface area contributed by atoms with E-state index < -0.39 is 22.0 Å². The Morgan fingerprint density at radius 1 is 1.03 bits per heavy atom. The van der Waals surface area contributed by atoms with Crippen LogP contribution in [0.15, 0.2) is 54.6 Å². The van der Waals surface area contributed by atoms with Gasteiger partial charge < -0.3 is 0 Å². The molecule has 0 amide bonds. The molecule has 0 spiro atoms. The maximum atomic E-state index is 13.6. The van der Waals surface area contributed by atoms with E-state index in [1.54, 1.807) is 61.5 Å². The Hall–Kier alpha value is -2.65. The lowest BCUT2D eigenvalue weighted by molar-refractivity contribution is -0.140. The Labute approximate surface area is 166 Å². The van der Waals surface area contributed by atoms with Gasteiger partial charge in [0.15, 0.2) is 5.69 Å². The van der Waals surface area contributed by atoms with Crippen molar-refractivity contribution in [1.82, 2.24) is 9.78 Å². The molecule has 5 nitrogen and oxygen atoms in total. The van der Waals surface area contributed by atoms with Gasteiger partial charge in [0, 0.05) is 11.3 Å². The van der Waals surface area contributed by atoms with Gasteiger partial charge in [-0.25, -0.2) is 4.68 Å². The average molecular weight is 424 g/mol. The van der Waals surface area contributed by atoms with Crippen molar-refractivity contribution in [2.45, 2.75) is 19.5 Å². The van der Waals surface area contributed by atoms with Crippen molar-refractivity contribution in [2.75, 3.05) is 12.9 Å². The molecule has 3 rings (SSSR count). The summed E-state index contributed by atoms with van der Waals surface area (Å²) in [4.78, 5) is 0. The molecule has 154 valence electrons. The van der Waals surface area contributed by atoms with Gasteiger partial charge in [-0.05, 0) is 36.6 Å². The van der Waals surface area contributed by atoms with Crippen LogP contribution in [0, 0.1) is 6.92 Å². The number of benzene rings is 2. The van der Waals surface area contributed by atoms with Gasteiger partial charge in [-0.3, -0.25) is 4.18 Å². The third-order valence-corrected chi connectivity index (χ3v) is 4.91. The predicted octanol–water partition coefficient (Wildman–Crippen LogP) is 4.39. The lowest BCUT2D eigenvalue weighted by Gasteiger charge is -2.08. The van der Waals surface area contributed by atoms with Gasteiger partial charge in [-0.2, -0.15) is 26.7 Å². The molecule has 0 saturated carbocycles. The number of rotatable bonds is 6. The molecule has 1 heterocycles. The van der Waals surface area contributed by atoms with Crippen molar-refractivity contribution in [2.24, 2.45) is 0 Å². The van der Waals surface area contributed by atoms with E-state index in [1.165, 1.54) is 4.68 Å². The average Bonchev–Trinajstić information content (AvgIpc) is 3.00. The fraction of sp³-hybridized carbons (Fsp3) is 0.250. The summed E-state index contributed by atoms with van der Waals surface area (Å²) >= 11 is 0. The molecule has 0 fully saturated rings. The maximum Gasteiger partial charge on any atom is 0.435 e. The van der Waals surface area contributed by atoms with E-state index in [9.17, 15) is 21.6 Å². The second-order valence-corrected chi connectivity index (χ2v) is 8.17. The van der Waals surface area contributed by atoms with E-state index in [1.807, 2.05) is 0 Å². The van der Waals surface area contributed by atoms with Gasteiger partial charge in [-0.15, -0.1) is 0 Å². The Morgan fingerprint density at radius 3 is 2.21 bits per heavy atom. The molecule has 0 aliphatic heterocycles. The second-order valence-electron chi connectivity index (χ2n) is 6.53. The SMILES string of the molecule is Cc1c(-c2ccccc2)c(C(F)(F)F)nn1-c1ccc(CCOS(C)(=O)=O)cc1. The maximum absolute atomic E-state index is 13.6. The van der Waals surface area contributed by atoms with Crippen molar-refractivity contribution in [3.63, 3.8) is 0 Å². The summed E-state index contributed by atoms with van der Waals surface area (Å²) in [6.45, 7) is 1.59. The lowest BCUT2D eigenvalue weighted by atomic mass is 10.0. The molecule has 29 heavy (non-hydrogen) atoms. The van der Waals surface area contributed by atoms with Gasteiger partial charge in [0.1, 0.15) is 0 Å². The molecule has 0 N–H and O–H groups in total. The van der Waals surface area contributed by atoms with Gasteiger partial charge in [0.05, 0.1) is 18.6 Å². The first-order valence-electron chi connectivity index (χ1n) is 8.72. The topological polar surface area (TPSA) is 61.2 Å². The highest BCUT2D eigenvalue weighted by Gasteiger charge is 2.39. The number of alkyl halides is 3. The number of halogens is 3. The van der Waals surface area contributed by atoms with Crippen LogP contribution in [0.5, 0.6) is 0 Å². The normalized spacial score (nSPS) is 12.3. The van der Waals surface area contributed by atoms with E-state index >= 15 is 0 Å². The fourth-order valence-corrected chi connectivity index (χ4v) is 3.40. The minimum Gasteiger partial charge on any atom is -0.270 e. The molecular weight excluding hydrogens is 405 g/mol. The largest absolute Gasteiger partial charge is 0.435 e. The zero-order valence-corrected chi connectivity index (χ0v) is 16.6. The van der Waals surface area contributed by atoms with Crippen LogP contribution < -0.4 is 0 Å². The first kappa shape index (κ1) is 21.1. The highest BCUT2D eigenvalue weighted by molar-refractivity contribution is 7.85. The van der Waals surface area contributed by atoms with Crippen LogP contribution in [0.25, 0.3) is 16.8 Å². The minimum absolute atomic E-state index is 0.00461. The standard InChI is InChI=1S/C20H19F3N2O3S/c1-14-18(16-6-4-3-5-7-16)19(20(21,22)23)24-25(14)17-10-8-15(9-11-17)12-13-28-29(2,26)27/h3-11H,12-13H2,1-2H3. The molecule has 9 heteroatoms. The van der Waals surface area contributed by atoms with E-state index in [2.05, 4.69) is 5.10 Å². The summed E-state index contributed by atoms with van der Waals surface area (Å²) in [5.41, 5.74) is 1.19. The molecule has 0 bridgehead atoms. The van der Waals surface area contributed by atoms with Crippen molar-refractivity contribution >= 4 is 10.1 Å². The Kier molecular flexibility index (Phi) is 5.81. The minimum atomic E-state index is -4.59. The molecule has 0 aliphatic carbocycles. The molecule has 3 aromatic rings. The molecule has 0 unspecified atom stereocenters. The molecular formula is C20H19F3N2O3S. The second kappa shape index (κ2) is 8.00. The van der Waals surface area contributed by atoms with Crippen molar-refractivity contribution in [3.05, 3.63) is 71.5 Å². The first-order chi connectivity index (χ1) is 13.6. The number of hydrogen-bond donors (Lipinski definition) is 0. The third kappa shape index (κ3) is 5.04. The predicted molar refractivity (Wildman–Crippen MR) is 103 cm³/mol. The summed E-state index contributed by atoms with van der Waals surface area (Å²) in [6, 6.07) is 15.0. The molecule has 1 aromatic heterocycles. The van der Waals surface area contributed by atoms with Crippen molar-refractivity contribution in [1.29, 1.82) is 0 Å². The fourth-order valence-electron chi connectivity index (χ4n) is 3.02. The zero-order chi connectivity index (χ0) is 21.2. The van der Waals surface area contributed by atoms with Gasteiger partial charge in [-0.1, -0.05) is 42.5 Å². The first-order valence-corrected chi connectivity index (χ1v) is 10.5. The smallest absolute Gasteiger partial charge is 0.270 e. The van der Waals surface area contributed by atoms with E-state index in [4.69, 9.17) is 4.18 Å². The number of nitrogens with zero attached hydrogens (tertiary/aromatic N) is 2. The highest BCUT2D eigenvalue weighted by Crippen LogP contribution is 2.39. The van der Waals surface area contributed by atoms with Crippen LogP contribution in [-0.4, -0.2) is 31.1 Å². The number of aromatic nitrogens is 2. The molecule has 0 aliphatic rings. The zero-order valence-electron chi connectivity index (χ0n) is 15.8. The van der Waals surface area contributed by atoms with E-state index in [0.29, 0.717) is 23.4 Å². The highest BCUT2D eigenvalue weighted by atomic mass is 32.2.